The molecule has 0 aromatic carbocycles. The zero-order chi connectivity index (χ0) is 11.0. The molecule has 0 unspecified atom stereocenters. The molecule has 2 nitrogen and oxygen atoms in total. The summed E-state index contributed by atoms with van der Waals surface area (Å²) in [5.74, 6) is 0.460. The topological polar surface area (TPSA) is 29.1 Å². The zero-order valence-corrected chi connectivity index (χ0v) is 9.63. The van der Waals surface area contributed by atoms with Crippen molar-refractivity contribution in [3.8, 4) is 0 Å². The van der Waals surface area contributed by atoms with E-state index in [0.717, 1.165) is 12.1 Å². The minimum Gasteiger partial charge on any atom is -0.387 e. The lowest BCUT2D eigenvalue weighted by Crippen LogP contribution is -2.12. The lowest BCUT2D eigenvalue weighted by Gasteiger charge is -2.08. The van der Waals surface area contributed by atoms with Crippen LogP contribution in [0.1, 0.15) is 34.1 Å². The molecule has 0 fully saturated rings. The van der Waals surface area contributed by atoms with Crippen molar-refractivity contribution >= 4 is 5.78 Å². The Kier molecular flexibility index (Phi) is 6.81. The third-order valence-electron chi connectivity index (χ3n) is 1.92. The molecule has 1 aliphatic heterocycles. The maximum Gasteiger partial charge on any atom is 0.139 e. The number of hydrogen-bond acceptors (Lipinski definition) is 2. The van der Waals surface area contributed by atoms with E-state index in [4.69, 9.17) is 0 Å². The van der Waals surface area contributed by atoms with Gasteiger partial charge in [0.15, 0.2) is 0 Å². The molecule has 0 aromatic rings. The monoisotopic (exact) mass is 195 g/mol. The van der Waals surface area contributed by atoms with Gasteiger partial charge in [-0.25, -0.2) is 0 Å². The summed E-state index contributed by atoms with van der Waals surface area (Å²) in [4.78, 5) is 11.3. The van der Waals surface area contributed by atoms with Gasteiger partial charge in [0, 0.05) is 18.9 Å². The van der Waals surface area contributed by atoms with Gasteiger partial charge in [-0.3, -0.25) is 4.79 Å². The lowest BCUT2D eigenvalue weighted by molar-refractivity contribution is -0.121. The highest BCUT2D eigenvalue weighted by molar-refractivity contribution is 5.83. The molecule has 0 saturated heterocycles. The van der Waals surface area contributed by atoms with E-state index in [1.165, 1.54) is 0 Å². The van der Waals surface area contributed by atoms with Crippen LogP contribution in [0.15, 0.2) is 23.9 Å². The summed E-state index contributed by atoms with van der Waals surface area (Å²) >= 11 is 0. The molecule has 1 N–H and O–H groups in total. The van der Waals surface area contributed by atoms with E-state index < -0.39 is 0 Å². The Hall–Kier alpha value is -1.05. The van der Waals surface area contributed by atoms with Crippen molar-refractivity contribution in [1.82, 2.24) is 5.32 Å². The summed E-state index contributed by atoms with van der Waals surface area (Å²) in [7, 11) is 0. The van der Waals surface area contributed by atoms with Crippen LogP contribution in [-0.2, 0) is 4.79 Å². The molecule has 1 rings (SSSR count). The molecule has 1 aliphatic rings. The molecule has 2 heteroatoms. The Bertz CT molecular complexity index is 226. The molecule has 80 valence electrons. The predicted octanol–water partition coefficient (Wildman–Crippen LogP) is 2.67. The Morgan fingerprint density at radius 3 is 2.57 bits per heavy atom. The molecule has 0 spiro atoms. The summed E-state index contributed by atoms with van der Waals surface area (Å²) in [5.41, 5.74) is 1.13. The van der Waals surface area contributed by atoms with E-state index in [9.17, 15) is 4.79 Å². The van der Waals surface area contributed by atoms with Gasteiger partial charge in [0.25, 0.3) is 0 Å². The van der Waals surface area contributed by atoms with Crippen molar-refractivity contribution in [2.45, 2.75) is 34.1 Å². The highest BCUT2D eigenvalue weighted by Crippen LogP contribution is 2.10. The van der Waals surface area contributed by atoms with Gasteiger partial charge in [-0.2, -0.15) is 0 Å². The third kappa shape index (κ3) is 4.85. The summed E-state index contributed by atoms with van der Waals surface area (Å²) in [6, 6.07) is 0. The van der Waals surface area contributed by atoms with Crippen LogP contribution in [0.2, 0.25) is 0 Å². The van der Waals surface area contributed by atoms with Crippen molar-refractivity contribution in [3.05, 3.63) is 23.9 Å². The summed E-state index contributed by atoms with van der Waals surface area (Å²) < 4.78 is 0. The Balaban J connectivity index is 0.000000791. The van der Waals surface area contributed by atoms with Gasteiger partial charge in [0.05, 0.1) is 0 Å². The first-order valence-electron chi connectivity index (χ1n) is 5.32. The number of dihydropyridines is 1. The van der Waals surface area contributed by atoms with Crippen LogP contribution >= 0.6 is 0 Å². The van der Waals surface area contributed by atoms with Gasteiger partial charge in [-0.05, 0) is 17.8 Å². The number of ketones is 1. The molecule has 0 aliphatic carbocycles. The van der Waals surface area contributed by atoms with Gasteiger partial charge >= 0.3 is 0 Å². The van der Waals surface area contributed by atoms with Crippen molar-refractivity contribution in [1.29, 1.82) is 0 Å². The number of allylic oxidation sites excluding steroid dienone is 2. The smallest absolute Gasteiger partial charge is 0.139 e. The van der Waals surface area contributed by atoms with E-state index in [1.54, 1.807) is 0 Å². The molecule has 14 heavy (non-hydrogen) atoms. The van der Waals surface area contributed by atoms with Crippen LogP contribution in [-0.4, -0.2) is 12.3 Å². The number of Topliss-reactive ketones (excluding diaryl/α,β-unsaturated/α-hetero) is 1. The van der Waals surface area contributed by atoms with Gasteiger partial charge in [0.1, 0.15) is 5.78 Å². The van der Waals surface area contributed by atoms with Crippen LogP contribution in [0, 0.1) is 5.92 Å². The van der Waals surface area contributed by atoms with E-state index in [0.29, 0.717) is 12.2 Å². The van der Waals surface area contributed by atoms with E-state index >= 15 is 0 Å². The van der Waals surface area contributed by atoms with Crippen molar-refractivity contribution in [2.75, 3.05) is 6.54 Å². The van der Waals surface area contributed by atoms with Crippen LogP contribution in [0.4, 0.5) is 0 Å². The second-order valence-corrected chi connectivity index (χ2v) is 3.32. The third-order valence-corrected chi connectivity index (χ3v) is 1.92. The van der Waals surface area contributed by atoms with Crippen LogP contribution in [0.5, 0.6) is 0 Å². The minimum absolute atomic E-state index is 0.147. The van der Waals surface area contributed by atoms with Crippen molar-refractivity contribution < 1.29 is 4.79 Å². The predicted molar refractivity (Wildman–Crippen MR) is 61.0 cm³/mol. The average Bonchev–Trinajstić information content (AvgIpc) is 2.22. The summed E-state index contributed by atoms with van der Waals surface area (Å²) in [6.45, 7) is 8.72. The normalized spacial score (nSPS) is 13.9. The molecule has 0 aromatic heterocycles. The van der Waals surface area contributed by atoms with E-state index in [2.05, 4.69) is 11.4 Å². The number of carbonyl (C=O) groups excluding carboxylic acids is 1. The number of carbonyl (C=O) groups is 1. The van der Waals surface area contributed by atoms with E-state index in [-0.39, 0.29) is 5.92 Å². The standard InChI is InChI=1S/C10H15NO.C2H6/c1-8(2)10(12)7-9-3-5-11-6-4-9;1-2/h3-5,8,11H,6-7H2,1-2H3;1-2H3. The second kappa shape index (κ2) is 7.36. The average molecular weight is 195 g/mol. The molecule has 0 saturated carbocycles. The fourth-order valence-corrected chi connectivity index (χ4v) is 1.03. The fraction of sp³-hybridized carbons (Fsp3) is 0.583. The number of nitrogens with one attached hydrogen (secondary N) is 1. The second-order valence-electron chi connectivity index (χ2n) is 3.32. The SMILES string of the molecule is CC.CC(C)C(=O)CC1=CCNC=C1. The summed E-state index contributed by atoms with van der Waals surface area (Å²) in [6.07, 6.45) is 6.49. The molecule has 0 atom stereocenters. The molecular formula is C12H21NO. The molecule has 0 amide bonds. The van der Waals surface area contributed by atoms with Crippen LogP contribution in [0.25, 0.3) is 0 Å². The number of hydrogen-bond donors (Lipinski definition) is 1. The first-order valence-corrected chi connectivity index (χ1v) is 5.32. The Labute approximate surface area is 87.1 Å². The lowest BCUT2D eigenvalue weighted by atomic mass is 10.0. The summed E-state index contributed by atoms with van der Waals surface area (Å²) in [5, 5.41) is 3.05. The first kappa shape index (κ1) is 12.9. The minimum atomic E-state index is 0.147. The highest BCUT2D eigenvalue weighted by atomic mass is 16.1. The van der Waals surface area contributed by atoms with Crippen molar-refractivity contribution in [2.24, 2.45) is 5.92 Å². The largest absolute Gasteiger partial charge is 0.387 e. The Morgan fingerprint density at radius 2 is 2.14 bits per heavy atom. The number of rotatable bonds is 3. The molecular weight excluding hydrogens is 174 g/mol. The van der Waals surface area contributed by atoms with Gasteiger partial charge in [-0.15, -0.1) is 0 Å². The zero-order valence-electron chi connectivity index (χ0n) is 9.63. The maximum atomic E-state index is 11.3. The highest BCUT2D eigenvalue weighted by Gasteiger charge is 2.08. The maximum absolute atomic E-state index is 11.3. The van der Waals surface area contributed by atoms with Gasteiger partial charge in [0.2, 0.25) is 0 Å². The van der Waals surface area contributed by atoms with Crippen molar-refractivity contribution in [3.63, 3.8) is 0 Å². The van der Waals surface area contributed by atoms with Gasteiger partial charge in [-0.1, -0.05) is 33.8 Å². The van der Waals surface area contributed by atoms with E-state index in [1.807, 2.05) is 40.0 Å². The first-order chi connectivity index (χ1) is 6.70. The quantitative estimate of drug-likeness (QED) is 0.750. The molecule has 0 radical (unpaired) electrons. The van der Waals surface area contributed by atoms with Gasteiger partial charge < -0.3 is 5.32 Å². The fourth-order valence-electron chi connectivity index (χ4n) is 1.03. The van der Waals surface area contributed by atoms with Crippen LogP contribution < -0.4 is 5.32 Å². The molecule has 0 bridgehead atoms. The molecule has 1 heterocycles. The Morgan fingerprint density at radius 1 is 1.50 bits per heavy atom. The van der Waals surface area contributed by atoms with Crippen LogP contribution in [0.3, 0.4) is 0 Å².